The van der Waals surface area contributed by atoms with Crippen molar-refractivity contribution in [1.29, 1.82) is 0 Å². The van der Waals surface area contributed by atoms with Gasteiger partial charge < -0.3 is 9.32 Å². The molecule has 0 saturated carbocycles. The number of furan rings is 1. The fourth-order valence-electron chi connectivity index (χ4n) is 9.35. The minimum absolute atomic E-state index is 0.0923. The Labute approximate surface area is 309 Å². The quantitative estimate of drug-likeness (QED) is 0.180. The second kappa shape index (κ2) is 11.7. The SMILES string of the molecule is c1ccc(N(c2ccc(-c3ccc4c(c3)C3(CCc5ccccc53)c3ccccc3-4)cc2)c2ccc(-c3cccc4oc5ccccc5c34)cc2)cc1. The second-order valence-electron chi connectivity index (χ2n) is 14.4. The summed E-state index contributed by atoms with van der Waals surface area (Å²) in [5, 5.41) is 2.30. The highest BCUT2D eigenvalue weighted by Crippen LogP contribution is 2.58. The molecule has 1 spiro atoms. The number of fused-ring (bicyclic) bond motifs is 10. The van der Waals surface area contributed by atoms with Crippen LogP contribution < -0.4 is 4.90 Å². The third kappa shape index (κ3) is 4.52. The van der Waals surface area contributed by atoms with E-state index in [-0.39, 0.29) is 5.41 Å². The average molecular weight is 678 g/mol. The van der Waals surface area contributed by atoms with E-state index in [9.17, 15) is 0 Å². The number of benzene rings is 8. The normalized spacial score (nSPS) is 15.5. The van der Waals surface area contributed by atoms with E-state index < -0.39 is 0 Å². The lowest BCUT2D eigenvalue weighted by Gasteiger charge is -2.29. The zero-order valence-electron chi connectivity index (χ0n) is 29.2. The van der Waals surface area contributed by atoms with Crippen LogP contribution in [0.3, 0.4) is 0 Å². The van der Waals surface area contributed by atoms with Crippen LogP contribution in [-0.4, -0.2) is 0 Å². The minimum Gasteiger partial charge on any atom is -0.456 e. The molecule has 1 unspecified atom stereocenters. The molecule has 53 heavy (non-hydrogen) atoms. The summed E-state index contributed by atoms with van der Waals surface area (Å²) < 4.78 is 6.20. The molecule has 0 saturated heterocycles. The summed E-state index contributed by atoms with van der Waals surface area (Å²) in [6.45, 7) is 0. The van der Waals surface area contributed by atoms with Gasteiger partial charge in [-0.1, -0.05) is 133 Å². The third-order valence-electron chi connectivity index (χ3n) is 11.7. The molecule has 9 aromatic rings. The Balaban J connectivity index is 0.971. The first kappa shape index (κ1) is 30.0. The molecule has 11 rings (SSSR count). The van der Waals surface area contributed by atoms with Gasteiger partial charge in [0.05, 0.1) is 0 Å². The van der Waals surface area contributed by atoms with Crippen molar-refractivity contribution in [2.75, 3.05) is 4.90 Å². The van der Waals surface area contributed by atoms with E-state index in [1.807, 2.05) is 12.1 Å². The zero-order valence-corrected chi connectivity index (χ0v) is 29.2. The van der Waals surface area contributed by atoms with Crippen LogP contribution in [0.4, 0.5) is 17.1 Å². The van der Waals surface area contributed by atoms with Gasteiger partial charge in [-0.3, -0.25) is 0 Å². The molecule has 0 amide bonds. The summed E-state index contributed by atoms with van der Waals surface area (Å²) in [6.07, 6.45) is 2.21. The number of hydrogen-bond acceptors (Lipinski definition) is 2. The number of nitrogens with zero attached hydrogens (tertiary/aromatic N) is 1. The maximum absolute atomic E-state index is 6.20. The molecule has 2 heteroatoms. The van der Waals surface area contributed by atoms with Crippen LogP contribution in [0.1, 0.15) is 28.7 Å². The van der Waals surface area contributed by atoms with Crippen molar-refractivity contribution in [3.05, 3.63) is 210 Å². The molecule has 0 radical (unpaired) electrons. The Morgan fingerprint density at radius 3 is 1.85 bits per heavy atom. The standard InChI is InChI=1S/C51H35NO/c1-2-12-38(13-3-1)52(40-28-23-35(24-29-40)41-16-10-20-49-50(41)44-15-6-9-19-48(44)53-49)39-26-21-34(22-27-39)37-25-30-43-42-14-5-8-18-46(42)51(47(43)33-37)32-31-36-11-4-7-17-45(36)51/h1-30,33H,31-32H2. The lowest BCUT2D eigenvalue weighted by molar-refractivity contribution is 0.626. The van der Waals surface area contributed by atoms with Gasteiger partial charge in [-0.05, 0) is 123 Å². The van der Waals surface area contributed by atoms with E-state index in [1.54, 1.807) is 0 Å². The van der Waals surface area contributed by atoms with Crippen molar-refractivity contribution in [3.63, 3.8) is 0 Å². The maximum Gasteiger partial charge on any atom is 0.136 e. The topological polar surface area (TPSA) is 16.4 Å². The van der Waals surface area contributed by atoms with Gasteiger partial charge in [-0.15, -0.1) is 0 Å². The minimum atomic E-state index is -0.0923. The van der Waals surface area contributed by atoms with Crippen LogP contribution in [-0.2, 0) is 11.8 Å². The lowest BCUT2D eigenvalue weighted by Crippen LogP contribution is -2.23. The summed E-state index contributed by atoms with van der Waals surface area (Å²) >= 11 is 0. The molecule has 2 nitrogen and oxygen atoms in total. The van der Waals surface area contributed by atoms with E-state index >= 15 is 0 Å². The first-order valence-electron chi connectivity index (χ1n) is 18.6. The van der Waals surface area contributed by atoms with Crippen LogP contribution >= 0.6 is 0 Å². The van der Waals surface area contributed by atoms with Gasteiger partial charge in [0, 0.05) is 33.2 Å². The van der Waals surface area contributed by atoms with Gasteiger partial charge in [-0.2, -0.15) is 0 Å². The molecule has 2 aliphatic rings. The molecule has 0 fully saturated rings. The maximum atomic E-state index is 6.20. The van der Waals surface area contributed by atoms with Crippen LogP contribution in [0.25, 0.3) is 55.3 Å². The highest BCUT2D eigenvalue weighted by atomic mass is 16.3. The monoisotopic (exact) mass is 677 g/mol. The van der Waals surface area contributed by atoms with Crippen LogP contribution in [0, 0.1) is 0 Å². The molecule has 1 aromatic heterocycles. The van der Waals surface area contributed by atoms with Crippen molar-refractivity contribution >= 4 is 39.0 Å². The van der Waals surface area contributed by atoms with Crippen molar-refractivity contribution in [3.8, 4) is 33.4 Å². The molecule has 1 atom stereocenters. The van der Waals surface area contributed by atoms with Gasteiger partial charge >= 0.3 is 0 Å². The smallest absolute Gasteiger partial charge is 0.136 e. The molecule has 2 aliphatic carbocycles. The Bertz CT molecular complexity index is 2830. The van der Waals surface area contributed by atoms with Gasteiger partial charge in [-0.25, -0.2) is 0 Å². The number of para-hydroxylation sites is 2. The van der Waals surface area contributed by atoms with Crippen LogP contribution in [0.15, 0.2) is 192 Å². The summed E-state index contributed by atoms with van der Waals surface area (Å²) in [7, 11) is 0. The summed E-state index contributed by atoms with van der Waals surface area (Å²) in [5.41, 5.74) is 18.5. The van der Waals surface area contributed by atoms with Gasteiger partial charge in [0.1, 0.15) is 11.2 Å². The molecular weight excluding hydrogens is 643 g/mol. The number of anilines is 3. The van der Waals surface area contributed by atoms with E-state index in [4.69, 9.17) is 4.42 Å². The highest BCUT2D eigenvalue weighted by molar-refractivity contribution is 6.12. The van der Waals surface area contributed by atoms with Crippen molar-refractivity contribution < 1.29 is 4.42 Å². The largest absolute Gasteiger partial charge is 0.456 e. The molecule has 0 N–H and O–H groups in total. The number of hydrogen-bond donors (Lipinski definition) is 0. The number of rotatable bonds is 5. The van der Waals surface area contributed by atoms with Gasteiger partial charge in [0.2, 0.25) is 0 Å². The third-order valence-corrected chi connectivity index (χ3v) is 11.7. The van der Waals surface area contributed by atoms with Gasteiger partial charge in [0.25, 0.3) is 0 Å². The summed E-state index contributed by atoms with van der Waals surface area (Å²) in [4.78, 5) is 2.34. The van der Waals surface area contributed by atoms with E-state index in [0.717, 1.165) is 57.4 Å². The van der Waals surface area contributed by atoms with E-state index in [2.05, 4.69) is 181 Å². The molecular formula is C51H35NO. The predicted octanol–water partition coefficient (Wildman–Crippen LogP) is 13.7. The lowest BCUT2D eigenvalue weighted by atomic mass is 9.73. The highest BCUT2D eigenvalue weighted by Gasteiger charge is 2.48. The molecule has 8 aromatic carbocycles. The van der Waals surface area contributed by atoms with E-state index in [0.29, 0.717) is 0 Å². The van der Waals surface area contributed by atoms with Crippen LogP contribution in [0.2, 0.25) is 0 Å². The summed E-state index contributed by atoms with van der Waals surface area (Å²) in [6, 6.07) is 68.6. The van der Waals surface area contributed by atoms with Crippen molar-refractivity contribution in [2.45, 2.75) is 18.3 Å². The Hall–Kier alpha value is -6.64. The zero-order chi connectivity index (χ0) is 34.9. The van der Waals surface area contributed by atoms with Crippen LogP contribution in [0.5, 0.6) is 0 Å². The van der Waals surface area contributed by atoms with E-state index in [1.165, 1.54) is 50.1 Å². The van der Waals surface area contributed by atoms with Gasteiger partial charge in [0.15, 0.2) is 0 Å². The second-order valence-corrected chi connectivity index (χ2v) is 14.4. The Morgan fingerprint density at radius 2 is 1.02 bits per heavy atom. The predicted molar refractivity (Wildman–Crippen MR) is 219 cm³/mol. The van der Waals surface area contributed by atoms with Crippen molar-refractivity contribution in [2.24, 2.45) is 0 Å². The first-order chi connectivity index (χ1) is 26.3. The first-order valence-corrected chi connectivity index (χ1v) is 18.6. The fraction of sp³-hybridized carbons (Fsp3) is 0.0588. The molecule has 0 aliphatic heterocycles. The van der Waals surface area contributed by atoms with Crippen molar-refractivity contribution in [1.82, 2.24) is 0 Å². The molecule has 0 bridgehead atoms. The fourth-order valence-corrected chi connectivity index (χ4v) is 9.35. The summed E-state index contributed by atoms with van der Waals surface area (Å²) in [5.74, 6) is 0. The Morgan fingerprint density at radius 1 is 0.415 bits per heavy atom. The molecule has 250 valence electrons. The average Bonchev–Trinajstić information content (AvgIpc) is 3.90. The number of aryl methyl sites for hydroxylation is 1. The Kier molecular flexibility index (Phi) is 6.63. The molecule has 1 heterocycles.